The van der Waals surface area contributed by atoms with E-state index in [-0.39, 0.29) is 17.9 Å². The lowest BCUT2D eigenvalue weighted by Gasteiger charge is -2.31. The molecule has 1 fully saturated rings. The summed E-state index contributed by atoms with van der Waals surface area (Å²) in [7, 11) is 0. The Morgan fingerprint density at radius 3 is 2.33 bits per heavy atom. The van der Waals surface area contributed by atoms with Crippen LogP contribution in [0.25, 0.3) is 0 Å². The van der Waals surface area contributed by atoms with Gasteiger partial charge < -0.3 is 10.2 Å². The van der Waals surface area contributed by atoms with Crippen LogP contribution in [0, 0.1) is 0 Å². The molecule has 1 atom stereocenters. The topological polar surface area (TPSA) is 49.4 Å². The van der Waals surface area contributed by atoms with Crippen LogP contribution in [-0.4, -0.2) is 28.8 Å². The van der Waals surface area contributed by atoms with Gasteiger partial charge in [-0.05, 0) is 60.9 Å². The van der Waals surface area contributed by atoms with Gasteiger partial charge in [0.1, 0.15) is 6.04 Å². The monoisotopic (exact) mass is 468 g/mol. The Balaban J connectivity index is 1.69. The van der Waals surface area contributed by atoms with Gasteiger partial charge in [0.15, 0.2) is 0 Å². The highest BCUT2D eigenvalue weighted by Gasteiger charge is 2.28. The molecule has 0 radical (unpaired) electrons. The molecule has 0 saturated heterocycles. The third-order valence-electron chi connectivity index (χ3n) is 6.63. The number of aryl methyl sites for hydroxylation is 1. The number of amides is 2. The molecule has 1 aliphatic rings. The molecule has 1 aliphatic carbocycles. The summed E-state index contributed by atoms with van der Waals surface area (Å²) in [4.78, 5) is 28.1. The highest BCUT2D eigenvalue weighted by molar-refractivity contribution is 6.30. The molecule has 1 saturated carbocycles. The van der Waals surface area contributed by atoms with E-state index < -0.39 is 6.04 Å². The first-order valence-corrected chi connectivity index (χ1v) is 12.6. The lowest BCUT2D eigenvalue weighted by molar-refractivity contribution is -0.141. The Bertz CT molecular complexity index is 920. The van der Waals surface area contributed by atoms with E-state index in [0.29, 0.717) is 30.3 Å². The van der Waals surface area contributed by atoms with Crippen LogP contribution in [0.4, 0.5) is 0 Å². The number of hydrogen-bond donors (Lipinski definition) is 1. The van der Waals surface area contributed by atoms with Gasteiger partial charge in [-0.2, -0.15) is 0 Å². The maximum atomic E-state index is 13.3. The lowest BCUT2D eigenvalue weighted by atomic mass is 9.95. The molecule has 4 nitrogen and oxygen atoms in total. The maximum absolute atomic E-state index is 13.3. The molecule has 0 aliphatic heterocycles. The largest absolute Gasteiger partial charge is 0.352 e. The minimum Gasteiger partial charge on any atom is -0.352 e. The third-order valence-corrected chi connectivity index (χ3v) is 6.87. The molecule has 5 heteroatoms. The van der Waals surface area contributed by atoms with Crippen molar-refractivity contribution in [2.24, 2.45) is 0 Å². The van der Waals surface area contributed by atoms with Crippen molar-refractivity contribution < 1.29 is 9.59 Å². The van der Waals surface area contributed by atoms with Crippen LogP contribution in [0.5, 0.6) is 0 Å². The van der Waals surface area contributed by atoms with Crippen molar-refractivity contribution in [3.8, 4) is 0 Å². The van der Waals surface area contributed by atoms with E-state index in [1.807, 2.05) is 31.2 Å². The number of halogens is 1. The van der Waals surface area contributed by atoms with Gasteiger partial charge in [0, 0.05) is 24.0 Å². The molecular weight excluding hydrogens is 432 g/mol. The number of hydrogen-bond acceptors (Lipinski definition) is 2. The summed E-state index contributed by atoms with van der Waals surface area (Å²) in [6, 6.07) is 15.6. The molecule has 1 N–H and O–H groups in total. The second kappa shape index (κ2) is 12.2. The van der Waals surface area contributed by atoms with E-state index in [2.05, 4.69) is 43.4 Å². The van der Waals surface area contributed by atoms with Crippen LogP contribution >= 0.6 is 11.6 Å². The fourth-order valence-electron chi connectivity index (χ4n) is 4.45. The Labute approximate surface area is 203 Å². The molecular formula is C28H37ClN2O2. The standard InChI is InChI=1S/C28H37ClN2O2/c1-20(2)24-15-12-22(13-16-24)14-17-27(32)31(19-23-8-7-9-25(29)18-23)21(3)28(33)30-26-10-5-4-6-11-26/h7-9,12-13,15-16,18,20-21,26H,4-6,10-11,14,17,19H2,1-3H3,(H,30,33)/t21-/m0/s1. The second-order valence-corrected chi connectivity index (χ2v) is 10.0. The van der Waals surface area contributed by atoms with Crippen LogP contribution in [0.15, 0.2) is 48.5 Å². The number of rotatable bonds is 9. The zero-order chi connectivity index (χ0) is 23.8. The first-order chi connectivity index (χ1) is 15.8. The van der Waals surface area contributed by atoms with E-state index >= 15 is 0 Å². The van der Waals surface area contributed by atoms with Crippen LogP contribution in [0.2, 0.25) is 5.02 Å². The van der Waals surface area contributed by atoms with Crippen molar-refractivity contribution in [2.75, 3.05) is 0 Å². The summed E-state index contributed by atoms with van der Waals surface area (Å²) in [5.74, 6) is 0.394. The molecule has 178 valence electrons. The van der Waals surface area contributed by atoms with E-state index in [9.17, 15) is 9.59 Å². The van der Waals surface area contributed by atoms with Crippen molar-refractivity contribution in [1.82, 2.24) is 10.2 Å². The molecule has 0 unspecified atom stereocenters. The Kier molecular flexibility index (Phi) is 9.37. The fraction of sp³-hybridized carbons (Fsp3) is 0.500. The number of nitrogens with zero attached hydrogens (tertiary/aromatic N) is 1. The van der Waals surface area contributed by atoms with Gasteiger partial charge >= 0.3 is 0 Å². The summed E-state index contributed by atoms with van der Waals surface area (Å²) < 4.78 is 0. The van der Waals surface area contributed by atoms with E-state index in [1.54, 1.807) is 4.90 Å². The predicted molar refractivity (Wildman–Crippen MR) is 135 cm³/mol. The normalized spacial score (nSPS) is 15.3. The van der Waals surface area contributed by atoms with Gasteiger partial charge in [-0.25, -0.2) is 0 Å². The van der Waals surface area contributed by atoms with Gasteiger partial charge in [0.25, 0.3) is 0 Å². The SMILES string of the molecule is CC(C)c1ccc(CCC(=O)N(Cc2cccc(Cl)c2)[C@@H](C)C(=O)NC2CCCCC2)cc1. The number of carbonyl (C=O) groups is 2. The molecule has 2 amide bonds. The van der Waals surface area contributed by atoms with Gasteiger partial charge in [0.05, 0.1) is 0 Å². The highest BCUT2D eigenvalue weighted by atomic mass is 35.5. The van der Waals surface area contributed by atoms with Crippen molar-refractivity contribution in [3.63, 3.8) is 0 Å². The lowest BCUT2D eigenvalue weighted by Crippen LogP contribution is -2.50. The average Bonchev–Trinajstić information content (AvgIpc) is 2.81. The highest BCUT2D eigenvalue weighted by Crippen LogP contribution is 2.20. The first-order valence-electron chi connectivity index (χ1n) is 12.3. The van der Waals surface area contributed by atoms with Crippen molar-refractivity contribution >= 4 is 23.4 Å². The predicted octanol–water partition coefficient (Wildman–Crippen LogP) is 6.26. The molecule has 2 aromatic rings. The second-order valence-electron chi connectivity index (χ2n) is 9.57. The van der Waals surface area contributed by atoms with Crippen LogP contribution < -0.4 is 5.32 Å². The average molecular weight is 469 g/mol. The molecule has 3 rings (SSSR count). The minimum atomic E-state index is -0.540. The summed E-state index contributed by atoms with van der Waals surface area (Å²) >= 11 is 6.17. The van der Waals surface area contributed by atoms with Crippen molar-refractivity contribution in [2.45, 2.75) is 90.3 Å². The number of nitrogens with one attached hydrogen (secondary N) is 1. The summed E-state index contributed by atoms with van der Waals surface area (Å²) in [6.07, 6.45) is 6.60. The Morgan fingerprint density at radius 2 is 1.70 bits per heavy atom. The molecule has 2 aromatic carbocycles. The minimum absolute atomic E-state index is 0.0193. The summed E-state index contributed by atoms with van der Waals surface area (Å²) in [5.41, 5.74) is 3.35. The zero-order valence-electron chi connectivity index (χ0n) is 20.1. The van der Waals surface area contributed by atoms with Gasteiger partial charge in [-0.1, -0.05) is 81.1 Å². The van der Waals surface area contributed by atoms with Crippen LogP contribution in [0.3, 0.4) is 0 Å². The third kappa shape index (κ3) is 7.60. The zero-order valence-corrected chi connectivity index (χ0v) is 20.9. The van der Waals surface area contributed by atoms with E-state index in [1.165, 1.54) is 12.0 Å². The molecule has 0 aromatic heterocycles. The molecule has 0 spiro atoms. The first kappa shape index (κ1) is 25.3. The van der Waals surface area contributed by atoms with Crippen LogP contribution in [-0.2, 0) is 22.6 Å². The number of carbonyl (C=O) groups excluding carboxylic acids is 2. The van der Waals surface area contributed by atoms with E-state index in [0.717, 1.165) is 36.8 Å². The summed E-state index contributed by atoms with van der Waals surface area (Å²) in [6.45, 7) is 6.54. The van der Waals surface area contributed by atoms with E-state index in [4.69, 9.17) is 11.6 Å². The molecule has 0 bridgehead atoms. The van der Waals surface area contributed by atoms with Crippen molar-refractivity contribution in [3.05, 3.63) is 70.2 Å². The smallest absolute Gasteiger partial charge is 0.242 e. The Hall–Kier alpha value is -2.33. The van der Waals surface area contributed by atoms with Gasteiger partial charge in [-0.15, -0.1) is 0 Å². The summed E-state index contributed by atoms with van der Waals surface area (Å²) in [5, 5.41) is 3.81. The molecule has 33 heavy (non-hydrogen) atoms. The number of benzene rings is 2. The van der Waals surface area contributed by atoms with Gasteiger partial charge in [-0.3, -0.25) is 9.59 Å². The molecule has 0 heterocycles. The van der Waals surface area contributed by atoms with Crippen molar-refractivity contribution in [1.29, 1.82) is 0 Å². The quantitative estimate of drug-likeness (QED) is 0.472. The fourth-order valence-corrected chi connectivity index (χ4v) is 4.66. The van der Waals surface area contributed by atoms with Crippen LogP contribution in [0.1, 0.15) is 81.9 Å². The van der Waals surface area contributed by atoms with Gasteiger partial charge in [0.2, 0.25) is 11.8 Å². The Morgan fingerprint density at radius 1 is 1.00 bits per heavy atom. The maximum Gasteiger partial charge on any atom is 0.242 e.